The molecule has 0 aliphatic heterocycles. The lowest BCUT2D eigenvalue weighted by atomic mass is 10.3. The maximum atomic E-state index is 6.10. The Morgan fingerprint density at radius 3 is 1.24 bits per heavy atom. The van der Waals surface area contributed by atoms with Gasteiger partial charge in [-0.3, -0.25) is 0 Å². The molecule has 0 fully saturated rings. The minimum atomic E-state index is -1.54. The first-order valence-electron chi connectivity index (χ1n) is 10.3. The van der Waals surface area contributed by atoms with E-state index >= 15 is 0 Å². The fraction of sp³-hybridized carbons (Fsp3) is 1.00. The van der Waals surface area contributed by atoms with Crippen molar-refractivity contribution in [2.75, 3.05) is 26.3 Å². The third-order valence-corrected chi connectivity index (χ3v) is 15.8. The summed E-state index contributed by atoms with van der Waals surface area (Å²) in [6, 6.07) is 0. The van der Waals surface area contributed by atoms with Gasteiger partial charge in [0.05, 0.1) is 0 Å². The molecule has 0 saturated heterocycles. The van der Waals surface area contributed by atoms with Crippen LogP contribution in [0.5, 0.6) is 0 Å². The molecule has 0 aromatic carbocycles. The number of rotatable bonds is 13. The SMILES string of the molecule is CCO[Si](C)(C)C(C)CCN(CCC(C)[Si](C)(C)OCC)[Si](C)(C)C. The fourth-order valence-electron chi connectivity index (χ4n) is 3.21. The predicted octanol–water partition coefficient (Wildman–Crippen LogP) is 6.17. The molecule has 0 radical (unpaired) electrons. The molecule has 0 amide bonds. The van der Waals surface area contributed by atoms with Crippen molar-refractivity contribution in [2.45, 2.75) is 97.4 Å². The fourth-order valence-corrected chi connectivity index (χ4v) is 8.51. The Labute approximate surface area is 162 Å². The van der Waals surface area contributed by atoms with Crippen LogP contribution < -0.4 is 0 Å². The third-order valence-electron chi connectivity index (χ3n) is 6.02. The van der Waals surface area contributed by atoms with Crippen LogP contribution in [-0.4, -0.2) is 55.7 Å². The largest absolute Gasteiger partial charge is 0.417 e. The van der Waals surface area contributed by atoms with Crippen LogP contribution in [0, 0.1) is 0 Å². The van der Waals surface area contributed by atoms with E-state index in [2.05, 4.69) is 78.1 Å². The van der Waals surface area contributed by atoms with Gasteiger partial charge >= 0.3 is 0 Å². The Balaban J connectivity index is 4.73. The van der Waals surface area contributed by atoms with E-state index in [0.717, 1.165) is 13.2 Å². The highest BCUT2D eigenvalue weighted by Gasteiger charge is 2.33. The van der Waals surface area contributed by atoms with Gasteiger partial charge in [0.25, 0.3) is 0 Å². The van der Waals surface area contributed by atoms with E-state index in [4.69, 9.17) is 8.85 Å². The molecule has 6 heteroatoms. The van der Waals surface area contributed by atoms with Gasteiger partial charge in [-0.2, -0.15) is 0 Å². The molecule has 0 heterocycles. The molecule has 3 nitrogen and oxygen atoms in total. The molecule has 0 rings (SSSR count). The van der Waals surface area contributed by atoms with Gasteiger partial charge in [-0.15, -0.1) is 0 Å². The molecule has 0 N–H and O–H groups in total. The van der Waals surface area contributed by atoms with Gasteiger partial charge in [-0.25, -0.2) is 0 Å². The van der Waals surface area contributed by atoms with E-state index in [9.17, 15) is 0 Å². The number of nitrogens with zero attached hydrogens (tertiary/aromatic N) is 1. The van der Waals surface area contributed by atoms with Crippen LogP contribution in [0.15, 0.2) is 0 Å². The topological polar surface area (TPSA) is 21.7 Å². The maximum Gasteiger partial charge on any atom is 0.189 e. The molecule has 0 aliphatic rings. The molecule has 0 saturated carbocycles. The van der Waals surface area contributed by atoms with Crippen molar-refractivity contribution in [2.24, 2.45) is 0 Å². The Morgan fingerprint density at radius 2 is 1.00 bits per heavy atom. The zero-order valence-electron chi connectivity index (χ0n) is 19.2. The lowest BCUT2D eigenvalue weighted by Crippen LogP contribution is -2.49. The maximum absolute atomic E-state index is 6.10. The van der Waals surface area contributed by atoms with Gasteiger partial charge in [0.1, 0.15) is 8.24 Å². The quantitative estimate of drug-likeness (QED) is 0.342. The summed E-state index contributed by atoms with van der Waals surface area (Å²) in [5.41, 5.74) is 1.41. The standard InChI is InChI=1S/C19H47NO2Si3/c1-12-21-24(8,9)18(3)14-16-20(23(5,6)7)17-15-19(4)25(10,11)22-13-2/h18-19H,12-17H2,1-11H3. The highest BCUT2D eigenvalue weighted by atomic mass is 28.4. The van der Waals surface area contributed by atoms with Crippen LogP contribution >= 0.6 is 0 Å². The average Bonchev–Trinajstić information content (AvgIpc) is 2.44. The van der Waals surface area contributed by atoms with E-state index in [-0.39, 0.29) is 0 Å². The molecule has 0 aliphatic carbocycles. The highest BCUT2D eigenvalue weighted by Crippen LogP contribution is 2.29. The first-order chi connectivity index (χ1) is 11.3. The summed E-state index contributed by atoms with van der Waals surface area (Å²) >= 11 is 0. The first-order valence-corrected chi connectivity index (χ1v) is 19.7. The molecule has 2 unspecified atom stereocenters. The molecular formula is C19H47NO2Si3. The van der Waals surface area contributed by atoms with Crippen molar-refractivity contribution in [3.05, 3.63) is 0 Å². The minimum absolute atomic E-state index is 0.706. The summed E-state index contributed by atoms with van der Waals surface area (Å²) in [5.74, 6) is 0. The predicted molar refractivity (Wildman–Crippen MR) is 121 cm³/mol. The molecule has 2 atom stereocenters. The second-order valence-electron chi connectivity index (χ2n) is 9.61. The monoisotopic (exact) mass is 405 g/mol. The van der Waals surface area contributed by atoms with Crippen LogP contribution in [0.4, 0.5) is 0 Å². The smallest absolute Gasteiger partial charge is 0.189 e. The molecule has 0 aromatic rings. The third kappa shape index (κ3) is 9.33. The van der Waals surface area contributed by atoms with Crippen LogP contribution in [0.1, 0.15) is 40.5 Å². The highest BCUT2D eigenvalue weighted by molar-refractivity contribution is 6.74. The van der Waals surface area contributed by atoms with E-state index in [1.807, 2.05) is 0 Å². The molecular weight excluding hydrogens is 358 g/mol. The summed E-state index contributed by atoms with van der Waals surface area (Å²) in [4.78, 5) is 0. The van der Waals surface area contributed by atoms with Crippen LogP contribution in [0.25, 0.3) is 0 Å². The van der Waals surface area contributed by atoms with Crippen LogP contribution in [-0.2, 0) is 8.85 Å². The second-order valence-corrected chi connectivity index (χ2v) is 23.5. The van der Waals surface area contributed by atoms with E-state index < -0.39 is 24.9 Å². The summed E-state index contributed by atoms with van der Waals surface area (Å²) in [6.07, 6.45) is 2.54. The van der Waals surface area contributed by atoms with Crippen LogP contribution in [0.3, 0.4) is 0 Å². The molecule has 25 heavy (non-hydrogen) atoms. The van der Waals surface area contributed by atoms with E-state index in [1.165, 1.54) is 25.9 Å². The number of hydrogen-bond acceptors (Lipinski definition) is 3. The lowest BCUT2D eigenvalue weighted by Gasteiger charge is -2.38. The van der Waals surface area contributed by atoms with Gasteiger partial charge in [0, 0.05) is 13.2 Å². The summed E-state index contributed by atoms with van der Waals surface area (Å²) < 4.78 is 15.0. The zero-order chi connectivity index (χ0) is 19.9. The van der Waals surface area contributed by atoms with Gasteiger partial charge in [0.2, 0.25) is 0 Å². The number of hydrogen-bond donors (Lipinski definition) is 0. The molecule has 152 valence electrons. The van der Waals surface area contributed by atoms with Gasteiger partial charge < -0.3 is 13.4 Å². The average molecular weight is 406 g/mol. The van der Waals surface area contributed by atoms with Crippen LogP contribution in [0.2, 0.25) is 56.9 Å². The van der Waals surface area contributed by atoms with Crippen molar-refractivity contribution in [1.29, 1.82) is 0 Å². The first kappa shape index (κ1) is 25.5. The lowest BCUT2D eigenvalue weighted by molar-refractivity contribution is 0.308. The normalized spacial score (nSPS) is 16.3. The van der Waals surface area contributed by atoms with Crippen molar-refractivity contribution >= 4 is 24.9 Å². The van der Waals surface area contributed by atoms with Crippen molar-refractivity contribution < 1.29 is 8.85 Å². The van der Waals surface area contributed by atoms with Crippen molar-refractivity contribution in [3.8, 4) is 0 Å². The minimum Gasteiger partial charge on any atom is -0.417 e. The Kier molecular flexibility index (Phi) is 11.0. The molecule has 0 spiro atoms. The van der Waals surface area contributed by atoms with Crippen molar-refractivity contribution in [1.82, 2.24) is 4.57 Å². The molecule has 0 bridgehead atoms. The van der Waals surface area contributed by atoms with E-state index in [1.54, 1.807) is 0 Å². The Bertz CT molecular complexity index is 342. The molecule has 0 aromatic heterocycles. The Hall–Kier alpha value is 0.531. The zero-order valence-corrected chi connectivity index (χ0v) is 22.2. The summed E-state index contributed by atoms with van der Waals surface area (Å²) in [6.45, 7) is 30.2. The van der Waals surface area contributed by atoms with Gasteiger partial charge in [-0.05, 0) is 77.0 Å². The van der Waals surface area contributed by atoms with Gasteiger partial charge in [0.15, 0.2) is 16.6 Å². The second kappa shape index (κ2) is 10.8. The van der Waals surface area contributed by atoms with Gasteiger partial charge in [-0.1, -0.05) is 33.5 Å². The summed E-state index contributed by atoms with van der Waals surface area (Å²) in [5, 5.41) is 0. The summed E-state index contributed by atoms with van der Waals surface area (Å²) in [7, 11) is -4.38. The van der Waals surface area contributed by atoms with Crippen molar-refractivity contribution in [3.63, 3.8) is 0 Å². The Morgan fingerprint density at radius 1 is 0.680 bits per heavy atom. The van der Waals surface area contributed by atoms with E-state index in [0.29, 0.717) is 11.1 Å².